The molecule has 1 aliphatic rings. The van der Waals surface area contributed by atoms with Crippen LogP contribution in [0.4, 0.5) is 22.0 Å². The lowest BCUT2D eigenvalue weighted by Gasteiger charge is -2.06. The minimum atomic E-state index is -4.28. The van der Waals surface area contributed by atoms with Crippen LogP contribution in [-0.2, 0) is 14.2 Å². The molecule has 1 heterocycles. The van der Waals surface area contributed by atoms with Gasteiger partial charge in [0.05, 0.1) is 0 Å². The van der Waals surface area contributed by atoms with Crippen molar-refractivity contribution in [3.63, 3.8) is 0 Å². The van der Waals surface area contributed by atoms with E-state index in [1.807, 2.05) is 0 Å². The summed E-state index contributed by atoms with van der Waals surface area (Å²) >= 11 is 0. The van der Waals surface area contributed by atoms with Crippen LogP contribution >= 0.6 is 0 Å². The van der Waals surface area contributed by atoms with Gasteiger partial charge in [0.2, 0.25) is 0 Å². The summed E-state index contributed by atoms with van der Waals surface area (Å²) < 4.78 is 67.8. The molecular weight excluding hydrogens is 191 g/mol. The van der Waals surface area contributed by atoms with Crippen molar-refractivity contribution in [2.45, 2.75) is 12.9 Å². The van der Waals surface area contributed by atoms with Crippen LogP contribution in [0.2, 0.25) is 0 Å². The maximum absolute atomic E-state index is 12.0. The van der Waals surface area contributed by atoms with Crippen molar-refractivity contribution in [3.05, 3.63) is 12.0 Å². The van der Waals surface area contributed by atoms with Crippen LogP contribution in [0.5, 0.6) is 0 Å². The van der Waals surface area contributed by atoms with Crippen LogP contribution in [0.3, 0.4) is 0 Å². The minimum Gasteiger partial charge on any atom is -0.398 e. The van der Waals surface area contributed by atoms with Gasteiger partial charge < -0.3 is 14.2 Å². The van der Waals surface area contributed by atoms with E-state index in [1.54, 1.807) is 0 Å². The lowest BCUT2D eigenvalue weighted by atomic mass is 10.9. The number of hydrogen-bond donors (Lipinski definition) is 0. The van der Waals surface area contributed by atoms with Crippen LogP contribution in [0, 0.1) is 0 Å². The molecule has 0 unspecified atom stereocenters. The predicted octanol–water partition coefficient (Wildman–Crippen LogP) is 1.92. The van der Waals surface area contributed by atoms with Gasteiger partial charge in [0.1, 0.15) is 0 Å². The Morgan fingerprint density at radius 2 is 1.83 bits per heavy atom. The van der Waals surface area contributed by atoms with Crippen molar-refractivity contribution in [3.8, 4) is 0 Å². The van der Waals surface area contributed by atoms with Gasteiger partial charge in [-0.15, -0.1) is 8.78 Å². The molecule has 3 nitrogen and oxygen atoms in total. The normalized spacial score (nSPS) is 20.8. The lowest BCUT2D eigenvalue weighted by Crippen LogP contribution is -2.17. The molecule has 0 saturated heterocycles. The summed E-state index contributed by atoms with van der Waals surface area (Å²) in [6.07, 6.45) is -4.28. The molecule has 0 aromatic rings. The van der Waals surface area contributed by atoms with Gasteiger partial charge in [-0.1, -0.05) is 0 Å². The molecule has 0 saturated carbocycles. The van der Waals surface area contributed by atoms with E-state index in [-0.39, 0.29) is 0 Å². The molecule has 0 atom stereocenters. The second-order valence-corrected chi connectivity index (χ2v) is 1.61. The summed E-state index contributed by atoms with van der Waals surface area (Å²) in [5, 5.41) is 0. The maximum Gasteiger partial charge on any atom is 0.590 e. The molecule has 8 heteroatoms. The fraction of sp³-hybridized carbons (Fsp3) is 0.500. The van der Waals surface area contributed by atoms with E-state index in [0.717, 1.165) is 0 Å². The molecule has 0 N–H and O–H groups in total. The first-order chi connectivity index (χ1) is 5.41. The molecule has 0 fully saturated rings. The fourth-order valence-electron chi connectivity index (χ4n) is 0.466. The van der Waals surface area contributed by atoms with Crippen molar-refractivity contribution < 1.29 is 36.2 Å². The maximum atomic E-state index is 12.0. The van der Waals surface area contributed by atoms with Gasteiger partial charge in [-0.2, -0.15) is 13.2 Å². The van der Waals surface area contributed by atoms with E-state index < -0.39 is 24.9 Å². The monoisotopic (exact) mass is 192 g/mol. The third kappa shape index (κ3) is 1.89. The van der Waals surface area contributed by atoms with E-state index >= 15 is 0 Å². The Morgan fingerprint density at radius 3 is 2.17 bits per heavy atom. The smallest absolute Gasteiger partial charge is 0.398 e. The molecule has 0 bridgehead atoms. The zero-order valence-electron chi connectivity index (χ0n) is 5.19. The van der Waals surface area contributed by atoms with E-state index in [1.165, 1.54) is 0 Å². The van der Waals surface area contributed by atoms with Crippen LogP contribution in [0.1, 0.15) is 0 Å². The summed E-state index contributed by atoms with van der Waals surface area (Å²) in [5.74, 6) is -1.66. The van der Waals surface area contributed by atoms with Gasteiger partial charge in [0.15, 0.2) is 0 Å². The molecule has 12 heavy (non-hydrogen) atoms. The highest BCUT2D eigenvalue weighted by atomic mass is 19.3. The molecule has 1 aliphatic heterocycles. The van der Waals surface area contributed by atoms with Crippen LogP contribution in [-0.4, -0.2) is 12.9 Å². The minimum absolute atomic E-state index is 1.66. The van der Waals surface area contributed by atoms with Gasteiger partial charge in [-0.3, -0.25) is 0 Å². The van der Waals surface area contributed by atoms with E-state index in [4.69, 9.17) is 0 Å². The van der Waals surface area contributed by atoms with Gasteiger partial charge in [0.25, 0.3) is 0 Å². The summed E-state index contributed by atoms with van der Waals surface area (Å²) in [6, 6.07) is -2.01. The third-order valence-electron chi connectivity index (χ3n) is 0.777. The highest BCUT2D eigenvalue weighted by Gasteiger charge is 2.48. The SMILES string of the molecule is FC1=C(OC(F)F)OC(F)(F)O1. The Kier molecular flexibility index (Phi) is 1.99. The number of hydrogen-bond acceptors (Lipinski definition) is 3. The Labute approximate surface area is 62.3 Å². The highest BCUT2D eigenvalue weighted by Crippen LogP contribution is 2.35. The number of halogens is 5. The Bertz CT molecular complexity index is 213. The van der Waals surface area contributed by atoms with Crippen molar-refractivity contribution in [1.29, 1.82) is 0 Å². The molecule has 0 amide bonds. The first-order valence-corrected chi connectivity index (χ1v) is 2.51. The zero-order valence-corrected chi connectivity index (χ0v) is 5.19. The molecule has 0 spiro atoms. The quantitative estimate of drug-likeness (QED) is 0.625. The summed E-state index contributed by atoms with van der Waals surface area (Å²) in [6.45, 7) is -3.46. The van der Waals surface area contributed by atoms with Gasteiger partial charge in [0, 0.05) is 0 Å². The highest BCUT2D eigenvalue weighted by molar-refractivity contribution is 4.90. The van der Waals surface area contributed by atoms with E-state index in [0.29, 0.717) is 0 Å². The number of alkyl halides is 4. The van der Waals surface area contributed by atoms with Gasteiger partial charge >= 0.3 is 24.9 Å². The van der Waals surface area contributed by atoms with Gasteiger partial charge in [-0.25, -0.2) is 0 Å². The topological polar surface area (TPSA) is 27.7 Å². The number of ether oxygens (including phenoxy) is 3. The van der Waals surface area contributed by atoms with Crippen LogP contribution in [0.15, 0.2) is 12.0 Å². The van der Waals surface area contributed by atoms with Crippen LogP contribution < -0.4 is 0 Å². The second-order valence-electron chi connectivity index (χ2n) is 1.61. The molecule has 1 rings (SSSR count). The standard InChI is InChI=1S/C4HF5O3/c5-1-2(10-3(6)7)12-4(8,9)11-1/h3H. The molecular formula is C4HF5O3. The molecule has 70 valence electrons. The molecule has 0 aromatic carbocycles. The Hall–Kier alpha value is -1.21. The fourth-order valence-corrected chi connectivity index (χ4v) is 0.466. The van der Waals surface area contributed by atoms with Gasteiger partial charge in [-0.05, 0) is 0 Å². The van der Waals surface area contributed by atoms with E-state index in [2.05, 4.69) is 14.2 Å². The third-order valence-corrected chi connectivity index (χ3v) is 0.777. The van der Waals surface area contributed by atoms with Crippen molar-refractivity contribution in [1.82, 2.24) is 0 Å². The summed E-state index contributed by atoms with van der Waals surface area (Å²) in [7, 11) is 0. The molecule has 0 aliphatic carbocycles. The predicted molar refractivity (Wildman–Crippen MR) is 22.3 cm³/mol. The first-order valence-electron chi connectivity index (χ1n) is 2.51. The first kappa shape index (κ1) is 8.88. The Balaban J connectivity index is 2.60. The van der Waals surface area contributed by atoms with Crippen molar-refractivity contribution in [2.24, 2.45) is 0 Å². The summed E-state index contributed by atoms with van der Waals surface area (Å²) in [5.41, 5.74) is 0. The average Bonchev–Trinajstić information content (AvgIpc) is 2.03. The Morgan fingerprint density at radius 1 is 1.25 bits per heavy atom. The van der Waals surface area contributed by atoms with Crippen molar-refractivity contribution >= 4 is 0 Å². The molecule has 0 aromatic heterocycles. The summed E-state index contributed by atoms with van der Waals surface area (Å²) in [4.78, 5) is 0. The zero-order chi connectivity index (χ0) is 9.35. The average molecular weight is 192 g/mol. The second kappa shape index (κ2) is 2.68. The lowest BCUT2D eigenvalue weighted by molar-refractivity contribution is -0.353. The molecule has 0 radical (unpaired) electrons. The van der Waals surface area contributed by atoms with E-state index in [9.17, 15) is 22.0 Å². The largest absolute Gasteiger partial charge is 0.590 e. The van der Waals surface area contributed by atoms with Crippen molar-refractivity contribution in [2.75, 3.05) is 0 Å². The number of rotatable bonds is 2. The van der Waals surface area contributed by atoms with Crippen LogP contribution in [0.25, 0.3) is 0 Å².